The van der Waals surface area contributed by atoms with Gasteiger partial charge in [-0.1, -0.05) is 56.9 Å². The molecule has 2 heteroatoms. The van der Waals surface area contributed by atoms with Crippen molar-refractivity contribution in [3.63, 3.8) is 0 Å². The van der Waals surface area contributed by atoms with Crippen LogP contribution in [-0.4, -0.2) is 19.3 Å². The molecule has 1 aliphatic rings. The Morgan fingerprint density at radius 2 is 1.86 bits per heavy atom. The van der Waals surface area contributed by atoms with Crippen LogP contribution in [0.4, 0.5) is 0 Å². The highest BCUT2D eigenvalue weighted by molar-refractivity contribution is 5.28. The van der Waals surface area contributed by atoms with E-state index < -0.39 is 0 Å². The molecule has 1 fully saturated rings. The van der Waals surface area contributed by atoms with Crippen molar-refractivity contribution in [1.82, 2.24) is 5.32 Å². The summed E-state index contributed by atoms with van der Waals surface area (Å²) < 4.78 is 6.27. The summed E-state index contributed by atoms with van der Waals surface area (Å²) in [6.07, 6.45) is 9.56. The van der Waals surface area contributed by atoms with Crippen LogP contribution >= 0.6 is 0 Å². The van der Waals surface area contributed by atoms with Gasteiger partial charge in [0.05, 0.1) is 18.8 Å². The zero-order valence-corrected chi connectivity index (χ0v) is 13.7. The predicted molar refractivity (Wildman–Crippen MR) is 89.7 cm³/mol. The number of hydrogen-bond acceptors (Lipinski definition) is 2. The molecule has 21 heavy (non-hydrogen) atoms. The van der Waals surface area contributed by atoms with E-state index in [0.717, 1.165) is 19.6 Å². The Hall–Kier alpha value is -0.860. The second-order valence-corrected chi connectivity index (χ2v) is 6.31. The summed E-state index contributed by atoms with van der Waals surface area (Å²) in [7, 11) is 0. The molecule has 0 aromatic heterocycles. The number of rotatable bonds is 7. The first kappa shape index (κ1) is 16.5. The van der Waals surface area contributed by atoms with E-state index in [9.17, 15) is 0 Å². The Bertz CT molecular complexity index is 396. The number of ether oxygens (including phenoxy) is 1. The van der Waals surface area contributed by atoms with Gasteiger partial charge < -0.3 is 10.1 Å². The molecule has 1 unspecified atom stereocenters. The minimum absolute atomic E-state index is 0.328. The Morgan fingerprint density at radius 1 is 1.14 bits per heavy atom. The van der Waals surface area contributed by atoms with Crippen LogP contribution in [0.5, 0.6) is 0 Å². The van der Waals surface area contributed by atoms with Crippen molar-refractivity contribution >= 4 is 0 Å². The zero-order valence-electron chi connectivity index (χ0n) is 13.7. The third-order valence-corrected chi connectivity index (χ3v) is 4.51. The first-order chi connectivity index (χ1) is 10.3. The van der Waals surface area contributed by atoms with Crippen molar-refractivity contribution in [2.24, 2.45) is 0 Å². The number of hydrogen-bond donors (Lipinski definition) is 1. The van der Waals surface area contributed by atoms with E-state index in [4.69, 9.17) is 4.74 Å². The molecule has 1 aliphatic carbocycles. The van der Waals surface area contributed by atoms with Crippen LogP contribution in [0.3, 0.4) is 0 Å². The SMILES string of the molecule is CCCNC(COC1CCCCCC1)c1ccccc1C. The van der Waals surface area contributed by atoms with Crippen LogP contribution in [0.2, 0.25) is 0 Å². The fourth-order valence-corrected chi connectivity index (χ4v) is 3.20. The highest BCUT2D eigenvalue weighted by Gasteiger charge is 2.17. The summed E-state index contributed by atoms with van der Waals surface area (Å²) in [5.74, 6) is 0. The molecular formula is C19H31NO. The second-order valence-electron chi connectivity index (χ2n) is 6.31. The minimum atomic E-state index is 0.328. The van der Waals surface area contributed by atoms with Gasteiger partial charge in [0.1, 0.15) is 0 Å². The molecule has 1 aromatic rings. The lowest BCUT2D eigenvalue weighted by molar-refractivity contribution is 0.0287. The summed E-state index contributed by atoms with van der Waals surface area (Å²) in [6.45, 7) is 6.26. The molecule has 0 bridgehead atoms. The maximum atomic E-state index is 6.27. The lowest BCUT2D eigenvalue weighted by Gasteiger charge is -2.24. The second kappa shape index (κ2) is 9.22. The standard InChI is InChI=1S/C19H31NO/c1-3-14-20-19(18-13-9-8-10-16(18)2)15-21-17-11-6-4-5-7-12-17/h8-10,13,17,19-20H,3-7,11-12,14-15H2,1-2H3. The first-order valence-electron chi connectivity index (χ1n) is 8.71. The normalized spacial score (nSPS) is 18.4. The third-order valence-electron chi connectivity index (χ3n) is 4.51. The van der Waals surface area contributed by atoms with E-state index in [0.29, 0.717) is 12.1 Å². The van der Waals surface area contributed by atoms with Crippen molar-refractivity contribution < 1.29 is 4.74 Å². The third kappa shape index (κ3) is 5.44. The van der Waals surface area contributed by atoms with Crippen molar-refractivity contribution in [3.05, 3.63) is 35.4 Å². The molecule has 0 amide bonds. The van der Waals surface area contributed by atoms with E-state index in [-0.39, 0.29) is 0 Å². The molecule has 0 aliphatic heterocycles. The van der Waals surface area contributed by atoms with Gasteiger partial charge in [-0.05, 0) is 43.9 Å². The van der Waals surface area contributed by atoms with Gasteiger partial charge >= 0.3 is 0 Å². The van der Waals surface area contributed by atoms with Gasteiger partial charge in [-0.3, -0.25) is 0 Å². The maximum absolute atomic E-state index is 6.27. The molecular weight excluding hydrogens is 258 g/mol. The topological polar surface area (TPSA) is 21.3 Å². The van der Waals surface area contributed by atoms with Crippen LogP contribution in [0.25, 0.3) is 0 Å². The monoisotopic (exact) mass is 289 g/mol. The van der Waals surface area contributed by atoms with Gasteiger partial charge in [0.2, 0.25) is 0 Å². The molecule has 2 nitrogen and oxygen atoms in total. The number of nitrogens with one attached hydrogen (secondary N) is 1. The van der Waals surface area contributed by atoms with Gasteiger partial charge in [-0.15, -0.1) is 0 Å². The first-order valence-corrected chi connectivity index (χ1v) is 8.71. The Morgan fingerprint density at radius 3 is 2.52 bits per heavy atom. The van der Waals surface area contributed by atoms with Crippen molar-refractivity contribution in [3.8, 4) is 0 Å². The van der Waals surface area contributed by atoms with Gasteiger partial charge in [0.15, 0.2) is 0 Å². The van der Waals surface area contributed by atoms with Gasteiger partial charge in [0.25, 0.3) is 0 Å². The fourth-order valence-electron chi connectivity index (χ4n) is 3.20. The summed E-state index contributed by atoms with van der Waals surface area (Å²) in [5.41, 5.74) is 2.75. The minimum Gasteiger partial charge on any atom is -0.376 e. The van der Waals surface area contributed by atoms with Crippen LogP contribution < -0.4 is 5.32 Å². The highest BCUT2D eigenvalue weighted by atomic mass is 16.5. The van der Waals surface area contributed by atoms with Gasteiger partial charge in [-0.2, -0.15) is 0 Å². The van der Waals surface area contributed by atoms with Crippen LogP contribution in [0.15, 0.2) is 24.3 Å². The molecule has 1 atom stereocenters. The summed E-state index contributed by atoms with van der Waals surface area (Å²) in [4.78, 5) is 0. The van der Waals surface area contributed by atoms with Gasteiger partial charge in [0, 0.05) is 0 Å². The number of aryl methyl sites for hydroxylation is 1. The van der Waals surface area contributed by atoms with E-state index in [1.54, 1.807) is 0 Å². The van der Waals surface area contributed by atoms with Crippen molar-refractivity contribution in [2.75, 3.05) is 13.2 Å². The molecule has 0 saturated heterocycles. The summed E-state index contributed by atoms with van der Waals surface area (Å²) in [5, 5.41) is 3.66. The smallest absolute Gasteiger partial charge is 0.0665 e. The molecule has 118 valence electrons. The maximum Gasteiger partial charge on any atom is 0.0665 e. The van der Waals surface area contributed by atoms with Gasteiger partial charge in [-0.25, -0.2) is 0 Å². The van der Waals surface area contributed by atoms with E-state index in [2.05, 4.69) is 43.4 Å². The molecule has 2 rings (SSSR count). The Kier molecular flexibility index (Phi) is 7.25. The average molecular weight is 289 g/mol. The summed E-state index contributed by atoms with van der Waals surface area (Å²) in [6, 6.07) is 9.01. The fraction of sp³-hybridized carbons (Fsp3) is 0.684. The number of benzene rings is 1. The molecule has 1 saturated carbocycles. The van der Waals surface area contributed by atoms with E-state index in [1.165, 1.54) is 49.7 Å². The Balaban J connectivity index is 1.94. The molecule has 1 N–H and O–H groups in total. The van der Waals surface area contributed by atoms with Crippen LogP contribution in [-0.2, 0) is 4.74 Å². The molecule has 1 aromatic carbocycles. The lowest BCUT2D eigenvalue weighted by atomic mass is 10.0. The zero-order chi connectivity index (χ0) is 14.9. The molecule has 0 radical (unpaired) electrons. The average Bonchev–Trinajstić information content (AvgIpc) is 2.77. The van der Waals surface area contributed by atoms with Crippen LogP contribution in [0.1, 0.15) is 69.0 Å². The Labute approximate surface area is 130 Å². The summed E-state index contributed by atoms with van der Waals surface area (Å²) >= 11 is 0. The predicted octanol–water partition coefficient (Wildman–Crippen LogP) is 4.78. The molecule has 0 heterocycles. The van der Waals surface area contributed by atoms with E-state index >= 15 is 0 Å². The quantitative estimate of drug-likeness (QED) is 0.730. The largest absolute Gasteiger partial charge is 0.376 e. The van der Waals surface area contributed by atoms with E-state index in [1.807, 2.05) is 0 Å². The van der Waals surface area contributed by atoms with Crippen molar-refractivity contribution in [1.29, 1.82) is 0 Å². The van der Waals surface area contributed by atoms with Crippen LogP contribution in [0, 0.1) is 6.92 Å². The lowest BCUT2D eigenvalue weighted by Crippen LogP contribution is -2.29. The van der Waals surface area contributed by atoms with Crippen molar-refractivity contribution in [2.45, 2.75) is 70.9 Å². The highest BCUT2D eigenvalue weighted by Crippen LogP contribution is 2.23. The molecule has 0 spiro atoms.